The smallest absolute Gasteiger partial charge is 0.196 e. The summed E-state index contributed by atoms with van der Waals surface area (Å²) in [6.07, 6.45) is 0. The maximum Gasteiger partial charge on any atom is 0.196 e. The van der Waals surface area contributed by atoms with Gasteiger partial charge in [0.1, 0.15) is 11.5 Å². The number of carbonyl (C=O) groups excluding carboxylic acids is 1. The lowest BCUT2D eigenvalue weighted by atomic mass is 10.0. The molecule has 0 spiro atoms. The number of carbonyl (C=O) groups is 1. The number of ketones is 1. The zero-order valence-electron chi connectivity index (χ0n) is 10.6. The summed E-state index contributed by atoms with van der Waals surface area (Å²) >= 11 is 6.03. The molecule has 0 fully saturated rings. The molecule has 0 aliphatic heterocycles. The first-order chi connectivity index (χ1) is 9.17. The standard InChI is InChI=1S/C15H13ClO3/c1-18-13-6-4-3-5-11(13)15(17)10-7-8-14(19-2)12(16)9-10/h3-9H,1-2H3. The summed E-state index contributed by atoms with van der Waals surface area (Å²) in [7, 11) is 3.07. The zero-order chi connectivity index (χ0) is 13.8. The van der Waals surface area contributed by atoms with Gasteiger partial charge in [-0.3, -0.25) is 4.79 Å². The first kappa shape index (κ1) is 13.4. The van der Waals surface area contributed by atoms with Crippen LogP contribution in [0.15, 0.2) is 42.5 Å². The largest absolute Gasteiger partial charge is 0.496 e. The molecule has 3 nitrogen and oxygen atoms in total. The minimum absolute atomic E-state index is 0.137. The van der Waals surface area contributed by atoms with Crippen LogP contribution in [0.2, 0.25) is 5.02 Å². The number of benzene rings is 2. The van der Waals surface area contributed by atoms with E-state index in [-0.39, 0.29) is 5.78 Å². The van der Waals surface area contributed by atoms with Crippen molar-refractivity contribution in [2.24, 2.45) is 0 Å². The van der Waals surface area contributed by atoms with E-state index in [1.54, 1.807) is 36.4 Å². The van der Waals surface area contributed by atoms with Gasteiger partial charge in [0.05, 0.1) is 24.8 Å². The normalized spacial score (nSPS) is 10.1. The highest BCUT2D eigenvalue weighted by Gasteiger charge is 2.15. The van der Waals surface area contributed by atoms with Gasteiger partial charge >= 0.3 is 0 Å². The molecule has 2 rings (SSSR count). The van der Waals surface area contributed by atoms with Crippen LogP contribution in [0.4, 0.5) is 0 Å². The van der Waals surface area contributed by atoms with Crippen molar-refractivity contribution in [2.45, 2.75) is 0 Å². The number of hydrogen-bond acceptors (Lipinski definition) is 3. The van der Waals surface area contributed by atoms with Crippen molar-refractivity contribution < 1.29 is 14.3 Å². The number of methoxy groups -OCH3 is 2. The Morgan fingerprint density at radius 1 is 1.00 bits per heavy atom. The molecule has 0 saturated carbocycles. The van der Waals surface area contributed by atoms with Gasteiger partial charge in [0.25, 0.3) is 0 Å². The first-order valence-corrected chi connectivity index (χ1v) is 6.06. The third-order valence-corrected chi connectivity index (χ3v) is 3.06. The van der Waals surface area contributed by atoms with Crippen molar-refractivity contribution in [1.29, 1.82) is 0 Å². The fourth-order valence-electron chi connectivity index (χ4n) is 1.80. The Hall–Kier alpha value is -2.00. The van der Waals surface area contributed by atoms with Crippen molar-refractivity contribution in [3.05, 3.63) is 58.6 Å². The number of hydrogen-bond donors (Lipinski definition) is 0. The Kier molecular flexibility index (Phi) is 4.07. The van der Waals surface area contributed by atoms with Crippen LogP contribution >= 0.6 is 11.6 Å². The van der Waals surface area contributed by atoms with Crippen LogP contribution in [-0.4, -0.2) is 20.0 Å². The average molecular weight is 277 g/mol. The fraction of sp³-hybridized carbons (Fsp3) is 0.133. The average Bonchev–Trinajstić information content (AvgIpc) is 2.46. The second-order valence-electron chi connectivity index (χ2n) is 3.88. The molecule has 0 N–H and O–H groups in total. The van der Waals surface area contributed by atoms with E-state index < -0.39 is 0 Å². The van der Waals surface area contributed by atoms with Gasteiger partial charge in [0, 0.05) is 5.56 Å². The summed E-state index contributed by atoms with van der Waals surface area (Å²) in [5, 5.41) is 0.406. The highest BCUT2D eigenvalue weighted by Crippen LogP contribution is 2.27. The van der Waals surface area contributed by atoms with Crippen LogP contribution in [0, 0.1) is 0 Å². The van der Waals surface area contributed by atoms with Crippen LogP contribution in [-0.2, 0) is 0 Å². The molecule has 2 aromatic carbocycles. The Morgan fingerprint density at radius 2 is 1.68 bits per heavy atom. The van der Waals surface area contributed by atoms with Gasteiger partial charge < -0.3 is 9.47 Å². The van der Waals surface area contributed by atoms with E-state index in [1.165, 1.54) is 14.2 Å². The van der Waals surface area contributed by atoms with Crippen molar-refractivity contribution in [3.8, 4) is 11.5 Å². The van der Waals surface area contributed by atoms with Gasteiger partial charge in [-0.25, -0.2) is 0 Å². The molecule has 0 bridgehead atoms. The maximum atomic E-state index is 12.4. The van der Waals surface area contributed by atoms with Crippen molar-refractivity contribution in [3.63, 3.8) is 0 Å². The molecule has 0 atom stereocenters. The summed E-state index contributed by atoms with van der Waals surface area (Å²) in [5.74, 6) is 0.944. The molecule has 0 unspecified atom stereocenters. The lowest BCUT2D eigenvalue weighted by Crippen LogP contribution is -2.04. The third-order valence-electron chi connectivity index (χ3n) is 2.77. The van der Waals surface area contributed by atoms with Crippen LogP contribution in [0.1, 0.15) is 15.9 Å². The van der Waals surface area contributed by atoms with Crippen LogP contribution in [0.5, 0.6) is 11.5 Å². The van der Waals surface area contributed by atoms with Crippen molar-refractivity contribution in [1.82, 2.24) is 0 Å². The van der Waals surface area contributed by atoms with Gasteiger partial charge in [-0.05, 0) is 30.3 Å². The molecule has 19 heavy (non-hydrogen) atoms. The molecular formula is C15H13ClO3. The molecule has 0 radical (unpaired) electrons. The van der Waals surface area contributed by atoms with E-state index in [0.717, 1.165) is 0 Å². The van der Waals surface area contributed by atoms with E-state index in [0.29, 0.717) is 27.6 Å². The minimum Gasteiger partial charge on any atom is -0.496 e. The van der Waals surface area contributed by atoms with Gasteiger partial charge in [-0.2, -0.15) is 0 Å². The van der Waals surface area contributed by atoms with E-state index in [2.05, 4.69) is 0 Å². The second-order valence-corrected chi connectivity index (χ2v) is 4.29. The van der Waals surface area contributed by atoms with E-state index in [1.807, 2.05) is 6.07 Å². The Bertz CT molecular complexity index is 608. The van der Waals surface area contributed by atoms with E-state index in [4.69, 9.17) is 21.1 Å². The Labute approximate surface area is 116 Å². The molecule has 98 valence electrons. The van der Waals surface area contributed by atoms with Crippen LogP contribution in [0.25, 0.3) is 0 Å². The maximum absolute atomic E-state index is 12.4. The summed E-state index contributed by atoms with van der Waals surface area (Å²) in [4.78, 5) is 12.4. The molecule has 0 aliphatic rings. The molecule has 0 amide bonds. The lowest BCUT2D eigenvalue weighted by molar-refractivity contribution is 0.103. The fourth-order valence-corrected chi connectivity index (χ4v) is 2.05. The third kappa shape index (κ3) is 2.71. The van der Waals surface area contributed by atoms with Crippen LogP contribution < -0.4 is 9.47 Å². The van der Waals surface area contributed by atoms with Gasteiger partial charge in [-0.1, -0.05) is 23.7 Å². The Morgan fingerprint density at radius 3 is 2.32 bits per heavy atom. The predicted octanol–water partition coefficient (Wildman–Crippen LogP) is 3.59. The quantitative estimate of drug-likeness (QED) is 0.801. The highest BCUT2D eigenvalue weighted by atomic mass is 35.5. The highest BCUT2D eigenvalue weighted by molar-refractivity contribution is 6.32. The van der Waals surface area contributed by atoms with E-state index >= 15 is 0 Å². The number of halogens is 1. The first-order valence-electron chi connectivity index (χ1n) is 5.68. The van der Waals surface area contributed by atoms with Crippen molar-refractivity contribution >= 4 is 17.4 Å². The molecule has 4 heteroatoms. The number of rotatable bonds is 4. The SMILES string of the molecule is COc1ccc(C(=O)c2ccccc2OC)cc1Cl. The number of ether oxygens (including phenoxy) is 2. The summed E-state index contributed by atoms with van der Waals surface area (Å²) in [5.41, 5.74) is 1.00. The molecule has 0 saturated heterocycles. The zero-order valence-corrected chi connectivity index (χ0v) is 11.4. The molecule has 0 aromatic heterocycles. The van der Waals surface area contributed by atoms with Gasteiger partial charge in [0.2, 0.25) is 0 Å². The molecule has 2 aromatic rings. The lowest BCUT2D eigenvalue weighted by Gasteiger charge is -2.08. The topological polar surface area (TPSA) is 35.5 Å². The Balaban J connectivity index is 2.41. The minimum atomic E-state index is -0.137. The van der Waals surface area contributed by atoms with Gasteiger partial charge in [-0.15, -0.1) is 0 Å². The van der Waals surface area contributed by atoms with E-state index in [9.17, 15) is 4.79 Å². The molecular weight excluding hydrogens is 264 g/mol. The van der Waals surface area contributed by atoms with Crippen molar-refractivity contribution in [2.75, 3.05) is 14.2 Å². The molecule has 0 aliphatic carbocycles. The summed E-state index contributed by atoms with van der Waals surface area (Å²) in [6.45, 7) is 0. The molecule has 0 heterocycles. The summed E-state index contributed by atoms with van der Waals surface area (Å²) < 4.78 is 10.2. The predicted molar refractivity (Wildman–Crippen MR) is 74.4 cm³/mol. The second kappa shape index (κ2) is 5.76. The monoisotopic (exact) mass is 276 g/mol. The van der Waals surface area contributed by atoms with Crippen LogP contribution in [0.3, 0.4) is 0 Å². The number of para-hydroxylation sites is 1. The van der Waals surface area contributed by atoms with Gasteiger partial charge in [0.15, 0.2) is 5.78 Å². The summed E-state index contributed by atoms with van der Waals surface area (Å²) in [6, 6.07) is 12.0.